The number of benzene rings is 2. The van der Waals surface area contributed by atoms with E-state index in [1.54, 1.807) is 18.2 Å². The van der Waals surface area contributed by atoms with Crippen LogP contribution in [-0.2, 0) is 10.0 Å². The van der Waals surface area contributed by atoms with Gasteiger partial charge in [-0.2, -0.15) is 8.42 Å². The molecule has 4 rings (SSSR count). The number of hydrogen-bond acceptors (Lipinski definition) is 7. The Morgan fingerprint density at radius 2 is 2.00 bits per heavy atom. The Hall–Kier alpha value is -2.75. The molecule has 8 nitrogen and oxygen atoms in total. The number of sulfonamides is 1. The van der Waals surface area contributed by atoms with Gasteiger partial charge in [0.1, 0.15) is 12.4 Å². The summed E-state index contributed by atoms with van der Waals surface area (Å²) in [7, 11) is -2.05. The molecular formula is C22H29N5O3S. The Morgan fingerprint density at radius 1 is 1.16 bits per heavy atom. The first kappa shape index (κ1) is 21.5. The van der Waals surface area contributed by atoms with E-state index in [2.05, 4.69) is 16.8 Å². The summed E-state index contributed by atoms with van der Waals surface area (Å²) < 4.78 is 33.3. The summed E-state index contributed by atoms with van der Waals surface area (Å²) in [5.41, 5.74) is 2.83. The van der Waals surface area contributed by atoms with Gasteiger partial charge in [0, 0.05) is 44.0 Å². The van der Waals surface area contributed by atoms with Crippen LogP contribution in [0.15, 0.2) is 47.9 Å². The van der Waals surface area contributed by atoms with Gasteiger partial charge in [0.15, 0.2) is 0 Å². The van der Waals surface area contributed by atoms with Gasteiger partial charge >= 0.3 is 0 Å². The summed E-state index contributed by atoms with van der Waals surface area (Å²) in [6.45, 7) is 8.68. The molecule has 31 heavy (non-hydrogen) atoms. The fraction of sp³-hybridized carbons (Fsp3) is 0.364. The number of hydrazine groups is 1. The number of fused-ring (bicyclic) bond motifs is 1. The molecule has 166 valence electrons. The molecule has 1 fully saturated rings. The van der Waals surface area contributed by atoms with Crippen molar-refractivity contribution in [3.05, 3.63) is 48.5 Å². The van der Waals surface area contributed by atoms with Crippen LogP contribution in [-0.4, -0.2) is 54.8 Å². The number of nitrogens with zero attached hydrogens (tertiary/aromatic N) is 3. The molecule has 2 aliphatic rings. The van der Waals surface area contributed by atoms with E-state index in [1.165, 1.54) is 6.07 Å². The Kier molecular flexibility index (Phi) is 6.08. The van der Waals surface area contributed by atoms with Gasteiger partial charge in [-0.25, -0.2) is 10.3 Å². The van der Waals surface area contributed by atoms with Gasteiger partial charge in [0.05, 0.1) is 22.8 Å². The molecule has 2 heterocycles. The van der Waals surface area contributed by atoms with Crippen molar-refractivity contribution in [1.82, 2.24) is 5.32 Å². The highest BCUT2D eigenvalue weighted by Gasteiger charge is 2.27. The lowest BCUT2D eigenvalue weighted by Gasteiger charge is -2.29. The van der Waals surface area contributed by atoms with E-state index in [0.29, 0.717) is 23.6 Å². The van der Waals surface area contributed by atoms with Crippen molar-refractivity contribution in [3.63, 3.8) is 0 Å². The smallest absolute Gasteiger partial charge is 0.277 e. The lowest BCUT2D eigenvalue weighted by molar-refractivity contribution is 0.310. The van der Waals surface area contributed by atoms with E-state index in [4.69, 9.17) is 10.6 Å². The predicted octanol–water partition coefficient (Wildman–Crippen LogP) is 2.03. The molecular weight excluding hydrogens is 414 g/mol. The molecule has 0 saturated carbocycles. The third kappa shape index (κ3) is 4.21. The average molecular weight is 444 g/mol. The van der Waals surface area contributed by atoms with Crippen molar-refractivity contribution in [2.45, 2.75) is 11.3 Å². The Balaban J connectivity index is 1.69. The zero-order valence-electron chi connectivity index (χ0n) is 17.8. The second-order valence-electron chi connectivity index (χ2n) is 7.74. The van der Waals surface area contributed by atoms with Gasteiger partial charge in [-0.3, -0.25) is 0 Å². The Morgan fingerprint density at radius 3 is 2.81 bits per heavy atom. The molecule has 2 aromatic rings. The summed E-state index contributed by atoms with van der Waals surface area (Å²) in [5, 5.41) is 3.38. The van der Waals surface area contributed by atoms with Crippen LogP contribution >= 0.6 is 0 Å². The highest BCUT2D eigenvalue weighted by molar-refractivity contribution is 7.92. The van der Waals surface area contributed by atoms with Crippen molar-refractivity contribution in [2.75, 3.05) is 60.6 Å². The minimum absolute atomic E-state index is 0.0865. The van der Waals surface area contributed by atoms with Crippen LogP contribution in [0.5, 0.6) is 5.75 Å². The largest absolute Gasteiger partial charge is 0.490 e. The van der Waals surface area contributed by atoms with Crippen LogP contribution in [0, 0.1) is 0 Å². The van der Waals surface area contributed by atoms with Crippen LogP contribution in [0.2, 0.25) is 0 Å². The first-order valence-electron chi connectivity index (χ1n) is 10.4. The molecule has 0 aromatic heterocycles. The standard InChI is InChI=1S/C22H29N5O3S/c1-3-17-5-6-18(26-11-4-9-24-10-12-26)15-21(17)27(23)31(28,29)19-7-8-20-22(16-19)30-14-13-25(20)2/h3,5-8,15-16,24H,1,4,9-14,23H2,2H3. The molecule has 0 unspecified atom stereocenters. The van der Waals surface area contributed by atoms with Crippen LogP contribution in [0.25, 0.3) is 6.08 Å². The lowest BCUT2D eigenvalue weighted by atomic mass is 10.1. The van der Waals surface area contributed by atoms with E-state index >= 15 is 0 Å². The number of nitrogens with two attached hydrogens (primary N) is 1. The van der Waals surface area contributed by atoms with E-state index in [9.17, 15) is 8.42 Å². The maximum Gasteiger partial charge on any atom is 0.277 e. The quantitative estimate of drug-likeness (QED) is 0.540. The predicted molar refractivity (Wildman–Crippen MR) is 125 cm³/mol. The number of nitrogens with one attached hydrogen (secondary N) is 1. The second kappa shape index (κ2) is 8.78. The van der Waals surface area contributed by atoms with Gasteiger partial charge in [-0.15, -0.1) is 0 Å². The Bertz CT molecular complexity index is 1060. The maximum absolute atomic E-state index is 13.4. The topological polar surface area (TPSA) is 91.1 Å². The van der Waals surface area contributed by atoms with Gasteiger partial charge < -0.3 is 19.9 Å². The molecule has 1 saturated heterocycles. The first-order chi connectivity index (χ1) is 14.9. The molecule has 0 radical (unpaired) electrons. The summed E-state index contributed by atoms with van der Waals surface area (Å²) in [6, 6.07) is 10.5. The van der Waals surface area contributed by atoms with E-state index in [0.717, 1.165) is 54.9 Å². The van der Waals surface area contributed by atoms with Crippen molar-refractivity contribution >= 4 is 33.2 Å². The van der Waals surface area contributed by atoms with Crippen LogP contribution in [0.1, 0.15) is 12.0 Å². The van der Waals surface area contributed by atoms with Gasteiger partial charge in [-0.1, -0.05) is 18.7 Å². The van der Waals surface area contributed by atoms with Crippen LogP contribution in [0.4, 0.5) is 17.1 Å². The third-order valence-corrected chi connectivity index (χ3v) is 7.32. The SMILES string of the molecule is C=Cc1ccc(N2CCCNCC2)cc1N(N)S(=O)(=O)c1ccc2c(c1)OCCN2C. The molecule has 2 aromatic carbocycles. The van der Waals surface area contributed by atoms with E-state index in [-0.39, 0.29) is 4.90 Å². The van der Waals surface area contributed by atoms with Gasteiger partial charge in [-0.05, 0) is 37.2 Å². The third-order valence-electron chi connectivity index (χ3n) is 5.76. The fourth-order valence-electron chi connectivity index (χ4n) is 3.94. The normalized spacial score (nSPS) is 16.8. The summed E-state index contributed by atoms with van der Waals surface area (Å²) in [4.78, 5) is 4.35. The van der Waals surface area contributed by atoms with E-state index < -0.39 is 10.0 Å². The number of likely N-dealkylation sites (N-methyl/N-ethyl adjacent to an activating group) is 1. The molecule has 0 aliphatic carbocycles. The number of anilines is 3. The minimum atomic E-state index is -4.00. The monoisotopic (exact) mass is 443 g/mol. The molecule has 0 bridgehead atoms. The summed E-state index contributed by atoms with van der Waals surface area (Å²) >= 11 is 0. The van der Waals surface area contributed by atoms with Crippen LogP contribution < -0.4 is 30.1 Å². The number of rotatable bonds is 5. The fourth-order valence-corrected chi connectivity index (χ4v) is 5.08. The van der Waals surface area contributed by atoms with Crippen LogP contribution in [0.3, 0.4) is 0 Å². The van der Waals surface area contributed by atoms with Crippen molar-refractivity contribution in [2.24, 2.45) is 5.84 Å². The second-order valence-corrected chi connectivity index (χ2v) is 9.55. The molecule has 0 spiro atoms. The highest BCUT2D eigenvalue weighted by atomic mass is 32.2. The molecule has 2 aliphatic heterocycles. The molecule has 3 N–H and O–H groups in total. The Labute approximate surface area is 183 Å². The van der Waals surface area contributed by atoms with E-state index in [1.807, 2.05) is 30.1 Å². The van der Waals surface area contributed by atoms with Crippen molar-refractivity contribution in [3.8, 4) is 5.75 Å². The molecule has 0 atom stereocenters. The first-order valence-corrected chi connectivity index (χ1v) is 11.9. The highest BCUT2D eigenvalue weighted by Crippen LogP contribution is 2.35. The average Bonchev–Trinajstić information content (AvgIpc) is 3.07. The lowest BCUT2D eigenvalue weighted by Crippen LogP contribution is -2.38. The summed E-state index contributed by atoms with van der Waals surface area (Å²) in [5.74, 6) is 6.77. The number of ether oxygens (including phenoxy) is 1. The molecule has 9 heteroatoms. The zero-order chi connectivity index (χ0) is 22.0. The van der Waals surface area contributed by atoms with Crippen molar-refractivity contribution in [1.29, 1.82) is 0 Å². The zero-order valence-corrected chi connectivity index (χ0v) is 18.6. The molecule has 0 amide bonds. The maximum atomic E-state index is 13.4. The van der Waals surface area contributed by atoms with Gasteiger partial charge in [0.25, 0.3) is 10.0 Å². The van der Waals surface area contributed by atoms with Crippen molar-refractivity contribution < 1.29 is 13.2 Å². The summed E-state index contributed by atoms with van der Waals surface area (Å²) in [6.07, 6.45) is 2.64. The minimum Gasteiger partial charge on any atom is -0.490 e. The number of hydrogen-bond donors (Lipinski definition) is 2. The van der Waals surface area contributed by atoms with Gasteiger partial charge in [0.2, 0.25) is 0 Å².